The highest BCUT2D eigenvalue weighted by Crippen LogP contribution is 2.30. The number of hydrogen-bond donors (Lipinski definition) is 1. The summed E-state index contributed by atoms with van der Waals surface area (Å²) in [4.78, 5) is 16.9. The molecule has 1 aromatic carbocycles. The fourth-order valence-electron chi connectivity index (χ4n) is 2.13. The molecule has 106 valence electrons. The summed E-state index contributed by atoms with van der Waals surface area (Å²) in [5, 5.41) is 6.64. The van der Waals surface area contributed by atoms with Gasteiger partial charge in [0.25, 0.3) is 0 Å². The van der Waals surface area contributed by atoms with Gasteiger partial charge >= 0.3 is 6.09 Å². The number of carbonyl (C=O) groups is 1. The Morgan fingerprint density at radius 3 is 2.80 bits per heavy atom. The van der Waals surface area contributed by atoms with Crippen LogP contribution in [0.15, 0.2) is 35.5 Å². The summed E-state index contributed by atoms with van der Waals surface area (Å²) in [6.07, 6.45) is 0.244. The highest BCUT2D eigenvalue weighted by atomic mass is 16.7. The maximum absolute atomic E-state index is 11.6. The number of nitrogens with one attached hydrogen (secondary N) is 1. The quantitative estimate of drug-likeness (QED) is 0.904. The van der Waals surface area contributed by atoms with E-state index in [1.54, 1.807) is 0 Å². The molecule has 0 bridgehead atoms. The lowest BCUT2D eigenvalue weighted by Crippen LogP contribution is -2.50. The normalized spacial score (nSPS) is 18.9. The second kappa shape index (κ2) is 5.50. The van der Waals surface area contributed by atoms with Crippen molar-refractivity contribution in [1.29, 1.82) is 0 Å². The van der Waals surface area contributed by atoms with Crippen molar-refractivity contribution in [2.45, 2.75) is 18.6 Å². The van der Waals surface area contributed by atoms with Gasteiger partial charge < -0.3 is 19.6 Å². The van der Waals surface area contributed by atoms with E-state index in [0.29, 0.717) is 26.2 Å². The number of carbonyl (C=O) groups excluding carboxylic acids is 1. The Labute approximate surface area is 116 Å². The van der Waals surface area contributed by atoms with E-state index in [-0.39, 0.29) is 12.2 Å². The Morgan fingerprint density at radius 2 is 2.15 bits per heavy atom. The highest BCUT2D eigenvalue weighted by Gasteiger charge is 2.46. The number of hydrogen-bond acceptors (Lipinski definition) is 5. The molecule has 0 unspecified atom stereocenters. The Hall–Kier alpha value is -2.08. The van der Waals surface area contributed by atoms with E-state index in [2.05, 4.69) is 10.5 Å². The molecule has 0 atom stereocenters. The SMILES string of the molecule is O=C(NCC1=NOC2(COC2)C1)OCc1ccccc1. The monoisotopic (exact) mass is 276 g/mol. The standard InChI is InChI=1S/C14H16N2O4/c17-13(19-8-11-4-2-1-3-5-11)15-7-12-6-14(20-16-12)9-18-10-14/h1-5H,6-10H2,(H,15,17). The number of oxime groups is 1. The smallest absolute Gasteiger partial charge is 0.407 e. The minimum absolute atomic E-state index is 0.257. The molecule has 1 spiro atoms. The summed E-state index contributed by atoms with van der Waals surface area (Å²) >= 11 is 0. The average molecular weight is 276 g/mol. The first kappa shape index (κ1) is 12.9. The van der Waals surface area contributed by atoms with Crippen LogP contribution >= 0.6 is 0 Å². The van der Waals surface area contributed by atoms with Gasteiger partial charge in [-0.25, -0.2) is 4.79 Å². The predicted octanol–water partition coefficient (Wildman–Crippen LogP) is 1.46. The molecule has 1 aromatic rings. The topological polar surface area (TPSA) is 69.2 Å². The lowest BCUT2D eigenvalue weighted by molar-refractivity contribution is -0.194. The van der Waals surface area contributed by atoms with Crippen LogP contribution < -0.4 is 5.32 Å². The number of rotatable bonds is 4. The van der Waals surface area contributed by atoms with E-state index in [4.69, 9.17) is 14.3 Å². The van der Waals surface area contributed by atoms with Crippen molar-refractivity contribution < 1.29 is 19.1 Å². The van der Waals surface area contributed by atoms with Gasteiger partial charge in [0.15, 0.2) is 5.60 Å². The maximum Gasteiger partial charge on any atom is 0.407 e. The van der Waals surface area contributed by atoms with Gasteiger partial charge in [0, 0.05) is 6.42 Å². The molecule has 0 saturated carbocycles. The zero-order chi connectivity index (χ0) is 13.8. The fraction of sp³-hybridized carbons (Fsp3) is 0.429. The van der Waals surface area contributed by atoms with Gasteiger partial charge in [-0.3, -0.25) is 0 Å². The first-order valence-corrected chi connectivity index (χ1v) is 6.52. The molecule has 2 aliphatic rings. The lowest BCUT2D eigenvalue weighted by Gasteiger charge is -2.34. The molecule has 20 heavy (non-hydrogen) atoms. The minimum atomic E-state index is -0.456. The Morgan fingerprint density at radius 1 is 1.35 bits per heavy atom. The van der Waals surface area contributed by atoms with Crippen LogP contribution in [0, 0.1) is 0 Å². The van der Waals surface area contributed by atoms with Crippen molar-refractivity contribution in [1.82, 2.24) is 5.32 Å². The second-order valence-corrected chi connectivity index (χ2v) is 5.02. The van der Waals surface area contributed by atoms with Gasteiger partial charge in [-0.1, -0.05) is 35.5 Å². The van der Waals surface area contributed by atoms with E-state index >= 15 is 0 Å². The summed E-state index contributed by atoms with van der Waals surface area (Å²) in [6.45, 7) is 1.74. The zero-order valence-corrected chi connectivity index (χ0v) is 11.0. The van der Waals surface area contributed by atoms with Gasteiger partial charge in [-0.2, -0.15) is 0 Å². The van der Waals surface area contributed by atoms with E-state index < -0.39 is 6.09 Å². The maximum atomic E-state index is 11.6. The van der Waals surface area contributed by atoms with E-state index in [9.17, 15) is 4.79 Å². The van der Waals surface area contributed by atoms with Crippen LogP contribution in [-0.4, -0.2) is 37.2 Å². The van der Waals surface area contributed by atoms with Crippen LogP contribution in [-0.2, 0) is 20.9 Å². The Balaban J connectivity index is 1.37. The molecular weight excluding hydrogens is 260 g/mol. The average Bonchev–Trinajstić information content (AvgIpc) is 2.89. The first-order valence-electron chi connectivity index (χ1n) is 6.52. The molecule has 0 aliphatic carbocycles. The largest absolute Gasteiger partial charge is 0.445 e. The van der Waals surface area contributed by atoms with Crippen molar-refractivity contribution in [3.63, 3.8) is 0 Å². The molecule has 1 N–H and O–H groups in total. The second-order valence-electron chi connectivity index (χ2n) is 5.02. The summed E-state index contributed by atoms with van der Waals surface area (Å²) < 4.78 is 10.2. The lowest BCUT2D eigenvalue weighted by atomic mass is 9.96. The zero-order valence-electron chi connectivity index (χ0n) is 11.0. The third-order valence-corrected chi connectivity index (χ3v) is 3.27. The summed E-state index contributed by atoms with van der Waals surface area (Å²) in [5.41, 5.74) is 1.49. The molecule has 6 nitrogen and oxygen atoms in total. The third kappa shape index (κ3) is 2.91. The predicted molar refractivity (Wildman–Crippen MR) is 71.3 cm³/mol. The molecule has 2 heterocycles. The first-order chi connectivity index (χ1) is 9.76. The van der Waals surface area contributed by atoms with Crippen LogP contribution in [0.1, 0.15) is 12.0 Å². The van der Waals surface area contributed by atoms with E-state index in [1.807, 2.05) is 30.3 Å². The molecule has 3 rings (SSSR count). The highest BCUT2D eigenvalue weighted by molar-refractivity contribution is 5.90. The molecule has 0 aromatic heterocycles. The number of amides is 1. The van der Waals surface area contributed by atoms with E-state index in [0.717, 1.165) is 11.3 Å². The van der Waals surface area contributed by atoms with Gasteiger partial charge in [0.2, 0.25) is 0 Å². The Bertz CT molecular complexity index is 511. The fourth-order valence-corrected chi connectivity index (χ4v) is 2.13. The molecular formula is C14H16N2O4. The molecule has 2 aliphatic heterocycles. The number of nitrogens with zero attached hydrogens (tertiary/aromatic N) is 1. The summed E-state index contributed by atoms with van der Waals surface area (Å²) in [7, 11) is 0. The number of alkyl carbamates (subject to hydrolysis) is 1. The number of ether oxygens (including phenoxy) is 2. The van der Waals surface area contributed by atoms with Crippen LogP contribution in [0.5, 0.6) is 0 Å². The van der Waals surface area contributed by atoms with Crippen molar-refractivity contribution in [3.05, 3.63) is 35.9 Å². The van der Waals surface area contributed by atoms with Crippen molar-refractivity contribution >= 4 is 11.8 Å². The summed E-state index contributed by atoms with van der Waals surface area (Å²) in [6, 6.07) is 9.54. The van der Waals surface area contributed by atoms with Crippen molar-refractivity contribution in [2.24, 2.45) is 5.16 Å². The third-order valence-electron chi connectivity index (χ3n) is 3.27. The van der Waals surface area contributed by atoms with Gasteiger partial charge in [-0.15, -0.1) is 0 Å². The van der Waals surface area contributed by atoms with Gasteiger partial charge in [-0.05, 0) is 5.56 Å². The Kier molecular flexibility index (Phi) is 3.56. The molecule has 6 heteroatoms. The molecule has 1 saturated heterocycles. The molecule has 1 amide bonds. The van der Waals surface area contributed by atoms with Crippen molar-refractivity contribution in [2.75, 3.05) is 19.8 Å². The van der Waals surface area contributed by atoms with Crippen molar-refractivity contribution in [3.8, 4) is 0 Å². The molecule has 1 fully saturated rings. The van der Waals surface area contributed by atoms with Crippen LogP contribution in [0.3, 0.4) is 0 Å². The van der Waals surface area contributed by atoms with Gasteiger partial charge in [0.05, 0.1) is 25.5 Å². The van der Waals surface area contributed by atoms with E-state index in [1.165, 1.54) is 0 Å². The number of benzene rings is 1. The van der Waals surface area contributed by atoms with Crippen LogP contribution in [0.25, 0.3) is 0 Å². The molecule has 0 radical (unpaired) electrons. The van der Waals surface area contributed by atoms with Crippen LogP contribution in [0.2, 0.25) is 0 Å². The van der Waals surface area contributed by atoms with Gasteiger partial charge in [0.1, 0.15) is 6.61 Å². The summed E-state index contributed by atoms with van der Waals surface area (Å²) in [5.74, 6) is 0. The minimum Gasteiger partial charge on any atom is -0.445 e. The van der Waals surface area contributed by atoms with Crippen LogP contribution in [0.4, 0.5) is 4.79 Å².